The lowest BCUT2D eigenvalue weighted by Crippen LogP contribution is -2.66. The number of aliphatic imine (C=N–C) groups is 1. The third kappa shape index (κ3) is 5.44. The number of guanidine groups is 1. The molecule has 0 aromatic carbocycles. The molecule has 0 bridgehead atoms. The zero-order chi connectivity index (χ0) is 20.9. The number of hydrogen-bond donors (Lipinski definition) is 2. The van der Waals surface area contributed by atoms with Crippen molar-refractivity contribution in [1.29, 1.82) is 0 Å². The van der Waals surface area contributed by atoms with Gasteiger partial charge in [0.15, 0.2) is 5.96 Å². The van der Waals surface area contributed by atoms with Gasteiger partial charge in [-0.3, -0.25) is 4.99 Å². The molecule has 2 saturated carbocycles. The third-order valence-corrected chi connectivity index (χ3v) is 8.45. The molecular weight excluding hydrogens is 388 g/mol. The van der Waals surface area contributed by atoms with Gasteiger partial charge in [0.1, 0.15) is 0 Å². The van der Waals surface area contributed by atoms with E-state index in [1.54, 1.807) is 4.31 Å². The summed E-state index contributed by atoms with van der Waals surface area (Å²) in [5.74, 6) is 1.35. The van der Waals surface area contributed by atoms with Crippen LogP contribution in [0.25, 0.3) is 0 Å². The molecule has 0 aromatic heterocycles. The highest BCUT2D eigenvalue weighted by molar-refractivity contribution is 7.88. The van der Waals surface area contributed by atoms with Gasteiger partial charge in [-0.15, -0.1) is 0 Å². The SMILES string of the molecule is CCNC(=NCC1CCN(S(C)(=O)=O)CC1)NC1CC(OCC)C12CCCCC2. The smallest absolute Gasteiger partial charge is 0.211 e. The van der Waals surface area contributed by atoms with Crippen LogP contribution in [0.15, 0.2) is 4.99 Å². The van der Waals surface area contributed by atoms with Gasteiger partial charge < -0.3 is 15.4 Å². The second-order valence-corrected chi connectivity index (χ2v) is 11.0. The van der Waals surface area contributed by atoms with E-state index < -0.39 is 10.0 Å². The third-order valence-electron chi connectivity index (χ3n) is 7.14. The van der Waals surface area contributed by atoms with Gasteiger partial charge in [0.2, 0.25) is 10.0 Å². The first-order chi connectivity index (χ1) is 13.9. The molecule has 0 aromatic rings. The number of rotatable bonds is 7. The van der Waals surface area contributed by atoms with Gasteiger partial charge in [-0.1, -0.05) is 19.3 Å². The normalized spacial score (nSPS) is 28.9. The number of nitrogens with one attached hydrogen (secondary N) is 2. The molecule has 0 amide bonds. The van der Waals surface area contributed by atoms with Crippen molar-refractivity contribution in [3.63, 3.8) is 0 Å². The van der Waals surface area contributed by atoms with E-state index in [2.05, 4.69) is 24.5 Å². The van der Waals surface area contributed by atoms with Gasteiger partial charge in [0, 0.05) is 44.2 Å². The van der Waals surface area contributed by atoms with E-state index in [1.807, 2.05) is 0 Å². The van der Waals surface area contributed by atoms with E-state index >= 15 is 0 Å². The highest BCUT2D eigenvalue weighted by Crippen LogP contribution is 2.53. The van der Waals surface area contributed by atoms with Gasteiger partial charge in [0.05, 0.1) is 12.4 Å². The van der Waals surface area contributed by atoms with Crippen molar-refractivity contribution < 1.29 is 13.2 Å². The second kappa shape index (κ2) is 9.96. The summed E-state index contributed by atoms with van der Waals surface area (Å²) in [7, 11) is -3.07. The van der Waals surface area contributed by atoms with Gasteiger partial charge in [-0.05, 0) is 51.9 Å². The fourth-order valence-electron chi connectivity index (χ4n) is 5.39. The van der Waals surface area contributed by atoms with Crippen LogP contribution in [-0.4, -0.2) is 69.9 Å². The number of piperidine rings is 1. The van der Waals surface area contributed by atoms with Crippen LogP contribution in [0.4, 0.5) is 0 Å². The summed E-state index contributed by atoms with van der Waals surface area (Å²) in [6, 6.07) is 0.434. The predicted octanol–water partition coefficient (Wildman–Crippen LogP) is 2.34. The van der Waals surface area contributed by atoms with Crippen molar-refractivity contribution in [3.8, 4) is 0 Å². The second-order valence-electron chi connectivity index (χ2n) is 9.00. The van der Waals surface area contributed by atoms with Crippen molar-refractivity contribution in [2.45, 2.75) is 77.4 Å². The highest BCUT2D eigenvalue weighted by atomic mass is 32.2. The molecule has 2 aliphatic carbocycles. The molecule has 1 spiro atoms. The molecular formula is C21H40N4O3S. The summed E-state index contributed by atoms with van der Waals surface area (Å²) in [5, 5.41) is 7.14. The van der Waals surface area contributed by atoms with Gasteiger partial charge in [-0.2, -0.15) is 0 Å². The summed E-state index contributed by atoms with van der Waals surface area (Å²) >= 11 is 0. The molecule has 2 unspecified atom stereocenters. The molecule has 3 fully saturated rings. The van der Waals surface area contributed by atoms with E-state index in [4.69, 9.17) is 9.73 Å². The first kappa shape index (κ1) is 22.8. The molecule has 1 heterocycles. The Bertz CT molecular complexity index is 653. The van der Waals surface area contributed by atoms with Crippen LogP contribution in [0.3, 0.4) is 0 Å². The maximum Gasteiger partial charge on any atom is 0.211 e. The van der Waals surface area contributed by atoms with Crippen LogP contribution < -0.4 is 10.6 Å². The maximum atomic E-state index is 11.7. The molecule has 1 saturated heterocycles. The van der Waals surface area contributed by atoms with Crippen molar-refractivity contribution in [1.82, 2.24) is 14.9 Å². The minimum absolute atomic E-state index is 0.269. The summed E-state index contributed by atoms with van der Waals surface area (Å²) < 4.78 is 31.1. The van der Waals surface area contributed by atoms with E-state index in [1.165, 1.54) is 38.4 Å². The Kier molecular flexibility index (Phi) is 7.84. The summed E-state index contributed by atoms with van der Waals surface area (Å²) in [5.41, 5.74) is 0.269. The van der Waals surface area contributed by atoms with E-state index in [0.29, 0.717) is 31.2 Å². The van der Waals surface area contributed by atoms with Crippen molar-refractivity contribution in [2.75, 3.05) is 39.0 Å². The lowest BCUT2D eigenvalue weighted by Gasteiger charge is -2.58. The highest BCUT2D eigenvalue weighted by Gasteiger charge is 2.55. The lowest BCUT2D eigenvalue weighted by atomic mass is 9.55. The summed E-state index contributed by atoms with van der Waals surface area (Å²) in [6.07, 6.45) is 11.0. The Hall–Kier alpha value is -0.860. The first-order valence-corrected chi connectivity index (χ1v) is 13.4. The van der Waals surface area contributed by atoms with Crippen molar-refractivity contribution in [2.24, 2.45) is 16.3 Å². The molecule has 2 N–H and O–H groups in total. The topological polar surface area (TPSA) is 83.0 Å². The lowest BCUT2D eigenvalue weighted by molar-refractivity contribution is -0.145. The zero-order valence-corrected chi connectivity index (χ0v) is 19.3. The van der Waals surface area contributed by atoms with Gasteiger partial charge >= 0.3 is 0 Å². The summed E-state index contributed by atoms with van der Waals surface area (Å²) in [6.45, 7) is 7.81. The molecule has 1 aliphatic heterocycles. The molecule has 7 nitrogen and oxygen atoms in total. The molecule has 0 radical (unpaired) electrons. The van der Waals surface area contributed by atoms with Crippen LogP contribution in [0.5, 0.6) is 0 Å². The van der Waals surface area contributed by atoms with Gasteiger partial charge in [-0.25, -0.2) is 12.7 Å². The Labute approximate surface area is 177 Å². The van der Waals surface area contributed by atoms with Crippen molar-refractivity contribution in [3.05, 3.63) is 0 Å². The molecule has 8 heteroatoms. The number of sulfonamides is 1. The molecule has 168 valence electrons. The number of nitrogens with zero attached hydrogens (tertiary/aromatic N) is 2. The van der Waals surface area contributed by atoms with Crippen LogP contribution in [-0.2, 0) is 14.8 Å². The standard InChI is InChI=1S/C21H40N4O3S/c1-4-22-20(23-16-17-9-13-25(14-10-17)29(3,26)27)24-18-15-19(28-5-2)21(18)11-7-6-8-12-21/h17-19H,4-16H2,1-3H3,(H2,22,23,24). The fraction of sp³-hybridized carbons (Fsp3) is 0.952. The average molecular weight is 429 g/mol. The number of ether oxygens (including phenoxy) is 1. The van der Waals surface area contributed by atoms with Crippen molar-refractivity contribution >= 4 is 16.0 Å². The Morgan fingerprint density at radius 1 is 1.17 bits per heavy atom. The molecule has 2 atom stereocenters. The summed E-state index contributed by atoms with van der Waals surface area (Å²) in [4.78, 5) is 4.88. The maximum absolute atomic E-state index is 11.7. The molecule has 3 rings (SSSR count). The number of hydrogen-bond acceptors (Lipinski definition) is 4. The molecule has 3 aliphatic rings. The Balaban J connectivity index is 1.57. The largest absolute Gasteiger partial charge is 0.378 e. The van der Waals surface area contributed by atoms with Crippen LogP contribution in [0.1, 0.15) is 65.2 Å². The zero-order valence-electron chi connectivity index (χ0n) is 18.5. The predicted molar refractivity (Wildman–Crippen MR) is 118 cm³/mol. The first-order valence-electron chi connectivity index (χ1n) is 11.5. The monoisotopic (exact) mass is 428 g/mol. The van der Waals surface area contributed by atoms with Crippen LogP contribution in [0.2, 0.25) is 0 Å². The molecule has 29 heavy (non-hydrogen) atoms. The Morgan fingerprint density at radius 2 is 1.86 bits per heavy atom. The van der Waals surface area contributed by atoms with Gasteiger partial charge in [0.25, 0.3) is 0 Å². The van der Waals surface area contributed by atoms with E-state index in [-0.39, 0.29) is 5.41 Å². The van der Waals surface area contributed by atoms with E-state index in [9.17, 15) is 8.42 Å². The van der Waals surface area contributed by atoms with E-state index in [0.717, 1.165) is 44.9 Å². The Morgan fingerprint density at radius 3 is 2.45 bits per heavy atom. The fourth-order valence-corrected chi connectivity index (χ4v) is 6.27. The average Bonchev–Trinajstić information content (AvgIpc) is 2.71. The minimum Gasteiger partial charge on any atom is -0.378 e. The van der Waals surface area contributed by atoms with Crippen LogP contribution >= 0.6 is 0 Å². The minimum atomic E-state index is -3.07. The van der Waals surface area contributed by atoms with Crippen LogP contribution in [0, 0.1) is 11.3 Å². The quantitative estimate of drug-likeness (QED) is 0.480.